The predicted octanol–water partition coefficient (Wildman–Crippen LogP) is 1.81. The molecule has 1 aliphatic carbocycles. The van der Waals surface area contributed by atoms with Crippen LogP contribution in [-0.2, 0) is 6.54 Å². The average Bonchev–Trinajstić information content (AvgIpc) is 2.17. The Morgan fingerprint density at radius 1 is 1.47 bits per heavy atom. The molecule has 0 amide bonds. The highest BCUT2D eigenvalue weighted by Gasteiger charge is 2.33. The number of hydrogen-bond donors (Lipinski definition) is 1. The van der Waals surface area contributed by atoms with E-state index in [2.05, 4.69) is 0 Å². The molecule has 0 unspecified atom stereocenters. The summed E-state index contributed by atoms with van der Waals surface area (Å²) in [6.07, 6.45) is 5.03. The molecule has 0 spiro atoms. The van der Waals surface area contributed by atoms with Crippen LogP contribution in [0, 0.1) is 0 Å². The maximum Gasteiger partial charge on any atom is 0.250 e. The molecule has 15 heavy (non-hydrogen) atoms. The van der Waals surface area contributed by atoms with Crippen LogP contribution in [0.4, 0.5) is 0 Å². The highest BCUT2D eigenvalue weighted by molar-refractivity contribution is 6.30. The number of aryl methyl sites for hydroxylation is 1. The summed E-state index contributed by atoms with van der Waals surface area (Å²) in [6, 6.07) is 3.03. The zero-order valence-electron chi connectivity index (χ0n) is 8.45. The zero-order chi connectivity index (χ0) is 10.9. The third-order valence-corrected chi connectivity index (χ3v) is 3.27. The third kappa shape index (κ3) is 2.41. The molecule has 0 saturated heterocycles. The topological polar surface area (TPSA) is 42.2 Å². The van der Waals surface area contributed by atoms with Crippen LogP contribution in [0.25, 0.3) is 0 Å². The van der Waals surface area contributed by atoms with Crippen molar-refractivity contribution in [3.63, 3.8) is 0 Å². The van der Waals surface area contributed by atoms with Gasteiger partial charge in [0.25, 0.3) is 5.56 Å². The maximum atomic E-state index is 11.4. The van der Waals surface area contributed by atoms with E-state index in [1.807, 2.05) is 0 Å². The molecule has 4 heteroatoms. The van der Waals surface area contributed by atoms with Crippen molar-refractivity contribution in [1.82, 2.24) is 4.57 Å². The lowest BCUT2D eigenvalue weighted by atomic mass is 9.78. The summed E-state index contributed by atoms with van der Waals surface area (Å²) in [4.78, 5) is 11.4. The van der Waals surface area contributed by atoms with Gasteiger partial charge in [-0.05, 0) is 31.7 Å². The second kappa shape index (κ2) is 3.99. The van der Waals surface area contributed by atoms with Crippen molar-refractivity contribution < 1.29 is 5.11 Å². The SMILES string of the molecule is O=c1ccc(Cl)cn1CCC1(O)CCC1. The van der Waals surface area contributed by atoms with E-state index >= 15 is 0 Å². The normalized spacial score (nSPS) is 18.5. The molecule has 1 fully saturated rings. The lowest BCUT2D eigenvalue weighted by molar-refractivity contribution is -0.0434. The Morgan fingerprint density at radius 2 is 2.20 bits per heavy atom. The summed E-state index contributed by atoms with van der Waals surface area (Å²) in [5.41, 5.74) is -0.607. The minimum atomic E-state index is -0.540. The Morgan fingerprint density at radius 3 is 2.80 bits per heavy atom. The summed E-state index contributed by atoms with van der Waals surface area (Å²) >= 11 is 5.79. The van der Waals surface area contributed by atoms with Gasteiger partial charge < -0.3 is 9.67 Å². The molecule has 1 aromatic rings. The van der Waals surface area contributed by atoms with Gasteiger partial charge in [-0.1, -0.05) is 11.6 Å². The van der Waals surface area contributed by atoms with E-state index in [1.165, 1.54) is 6.07 Å². The molecule has 1 saturated carbocycles. The largest absolute Gasteiger partial charge is 0.390 e. The Bertz CT molecular complexity index is 409. The van der Waals surface area contributed by atoms with Gasteiger partial charge in [0.2, 0.25) is 0 Å². The number of pyridine rings is 1. The molecule has 1 aromatic heterocycles. The summed E-state index contributed by atoms with van der Waals surface area (Å²) in [7, 11) is 0. The fourth-order valence-corrected chi connectivity index (χ4v) is 2.02. The van der Waals surface area contributed by atoms with Crippen molar-refractivity contribution in [2.45, 2.75) is 37.8 Å². The van der Waals surface area contributed by atoms with Crippen molar-refractivity contribution in [2.75, 3.05) is 0 Å². The molecular formula is C11H14ClNO2. The molecule has 0 aromatic carbocycles. The number of aromatic nitrogens is 1. The highest BCUT2D eigenvalue weighted by atomic mass is 35.5. The first kappa shape index (κ1) is 10.7. The molecule has 0 aliphatic heterocycles. The molecular weight excluding hydrogens is 214 g/mol. The monoisotopic (exact) mass is 227 g/mol. The first-order valence-corrected chi connectivity index (χ1v) is 5.55. The summed E-state index contributed by atoms with van der Waals surface area (Å²) in [5.74, 6) is 0. The van der Waals surface area contributed by atoms with E-state index in [4.69, 9.17) is 11.6 Å². The van der Waals surface area contributed by atoms with Crippen molar-refractivity contribution in [2.24, 2.45) is 0 Å². The van der Waals surface area contributed by atoms with Gasteiger partial charge in [-0.15, -0.1) is 0 Å². The van der Waals surface area contributed by atoms with Gasteiger partial charge in [0, 0.05) is 18.8 Å². The summed E-state index contributed by atoms with van der Waals surface area (Å²) in [6.45, 7) is 0.538. The number of halogens is 1. The van der Waals surface area contributed by atoms with Gasteiger partial charge in [0.1, 0.15) is 0 Å². The number of aliphatic hydroxyl groups is 1. The van der Waals surface area contributed by atoms with E-state index in [1.54, 1.807) is 16.8 Å². The molecule has 3 nitrogen and oxygen atoms in total. The molecule has 2 rings (SSSR count). The maximum absolute atomic E-state index is 11.4. The summed E-state index contributed by atoms with van der Waals surface area (Å²) < 4.78 is 1.55. The first-order chi connectivity index (χ1) is 7.09. The van der Waals surface area contributed by atoms with E-state index < -0.39 is 5.60 Å². The van der Waals surface area contributed by atoms with Gasteiger partial charge in [0.05, 0.1) is 10.6 Å². The lowest BCUT2D eigenvalue weighted by Gasteiger charge is -2.36. The molecule has 1 aliphatic rings. The van der Waals surface area contributed by atoms with Gasteiger partial charge in [0.15, 0.2) is 0 Å². The minimum absolute atomic E-state index is 0.0673. The van der Waals surface area contributed by atoms with Crippen LogP contribution < -0.4 is 5.56 Å². The Hall–Kier alpha value is -0.800. The number of nitrogens with zero attached hydrogens (tertiary/aromatic N) is 1. The van der Waals surface area contributed by atoms with Crippen LogP contribution in [0.3, 0.4) is 0 Å². The number of rotatable bonds is 3. The van der Waals surface area contributed by atoms with Crippen LogP contribution >= 0.6 is 11.6 Å². The smallest absolute Gasteiger partial charge is 0.250 e. The van der Waals surface area contributed by atoms with Crippen molar-refractivity contribution >= 4 is 11.6 Å². The highest BCUT2D eigenvalue weighted by Crippen LogP contribution is 2.34. The number of hydrogen-bond acceptors (Lipinski definition) is 2. The predicted molar refractivity (Wildman–Crippen MR) is 59.1 cm³/mol. The van der Waals surface area contributed by atoms with Gasteiger partial charge >= 0.3 is 0 Å². The van der Waals surface area contributed by atoms with E-state index in [-0.39, 0.29) is 5.56 Å². The Kier molecular flexibility index (Phi) is 2.85. The van der Waals surface area contributed by atoms with Crippen LogP contribution in [-0.4, -0.2) is 15.3 Å². The van der Waals surface area contributed by atoms with Crippen LogP contribution in [0.2, 0.25) is 5.02 Å². The Labute approximate surface area is 93.3 Å². The summed E-state index contributed by atoms with van der Waals surface area (Å²) in [5, 5.41) is 10.4. The standard InChI is InChI=1S/C11H14ClNO2/c12-9-2-3-10(14)13(8-9)7-6-11(15)4-1-5-11/h2-3,8,15H,1,4-7H2. The fraction of sp³-hybridized carbons (Fsp3) is 0.545. The second-order valence-corrected chi connectivity index (χ2v) is 4.64. The molecule has 1 heterocycles. The van der Waals surface area contributed by atoms with Crippen molar-refractivity contribution in [3.8, 4) is 0 Å². The molecule has 0 radical (unpaired) electrons. The lowest BCUT2D eigenvalue weighted by Crippen LogP contribution is -2.38. The quantitative estimate of drug-likeness (QED) is 0.856. The fourth-order valence-electron chi connectivity index (χ4n) is 1.84. The average molecular weight is 228 g/mol. The van der Waals surface area contributed by atoms with E-state index in [9.17, 15) is 9.90 Å². The molecule has 0 bridgehead atoms. The third-order valence-electron chi connectivity index (χ3n) is 3.05. The van der Waals surface area contributed by atoms with Gasteiger partial charge in [-0.2, -0.15) is 0 Å². The van der Waals surface area contributed by atoms with Crippen LogP contribution in [0.15, 0.2) is 23.1 Å². The van der Waals surface area contributed by atoms with Gasteiger partial charge in [-0.25, -0.2) is 0 Å². The second-order valence-electron chi connectivity index (χ2n) is 4.21. The van der Waals surface area contributed by atoms with Gasteiger partial charge in [-0.3, -0.25) is 4.79 Å². The van der Waals surface area contributed by atoms with Crippen LogP contribution in [0.1, 0.15) is 25.7 Å². The van der Waals surface area contributed by atoms with E-state index in [0.29, 0.717) is 18.0 Å². The zero-order valence-corrected chi connectivity index (χ0v) is 9.20. The molecule has 82 valence electrons. The van der Waals surface area contributed by atoms with Crippen molar-refractivity contribution in [1.29, 1.82) is 0 Å². The molecule has 1 N–H and O–H groups in total. The Balaban J connectivity index is 2.04. The van der Waals surface area contributed by atoms with E-state index in [0.717, 1.165) is 19.3 Å². The van der Waals surface area contributed by atoms with Crippen molar-refractivity contribution in [3.05, 3.63) is 33.7 Å². The first-order valence-electron chi connectivity index (χ1n) is 5.17. The minimum Gasteiger partial charge on any atom is -0.390 e. The molecule has 0 atom stereocenters. The van der Waals surface area contributed by atoms with Crippen LogP contribution in [0.5, 0.6) is 0 Å².